The Morgan fingerprint density at radius 3 is 2.44 bits per heavy atom. The highest BCUT2D eigenvalue weighted by atomic mass is 19.4. The number of carbonyl (C=O) groups is 1. The maximum Gasteiger partial charge on any atom is 0.411 e. The van der Waals surface area contributed by atoms with E-state index >= 15 is 0 Å². The van der Waals surface area contributed by atoms with Gasteiger partial charge in [0.25, 0.3) is 0 Å². The lowest BCUT2D eigenvalue weighted by atomic mass is 9.87. The first-order valence-electron chi connectivity index (χ1n) is 5.48. The lowest BCUT2D eigenvalue weighted by Gasteiger charge is -2.19. The summed E-state index contributed by atoms with van der Waals surface area (Å²) in [6.07, 6.45) is -4.08. The zero-order valence-corrected chi connectivity index (χ0v) is 10.3. The van der Waals surface area contributed by atoms with E-state index in [0.29, 0.717) is 0 Å². The fraction of sp³-hybridized carbons (Fsp3) is 0.818. The Labute approximate surface area is 104 Å². The summed E-state index contributed by atoms with van der Waals surface area (Å²) in [5.41, 5.74) is -1.34. The molecule has 4 nitrogen and oxygen atoms in total. The molecular weight excluding hydrogens is 251 g/mol. The van der Waals surface area contributed by atoms with Crippen molar-refractivity contribution in [1.29, 1.82) is 5.26 Å². The maximum absolute atomic E-state index is 11.8. The summed E-state index contributed by atoms with van der Waals surface area (Å²) in [6.45, 7) is 1.68. The molecule has 7 heteroatoms. The molecule has 0 aliphatic rings. The van der Waals surface area contributed by atoms with Crippen LogP contribution in [-0.2, 0) is 14.3 Å². The molecule has 0 heterocycles. The van der Waals surface area contributed by atoms with Crippen molar-refractivity contribution in [3.05, 3.63) is 0 Å². The lowest BCUT2D eigenvalue weighted by Crippen LogP contribution is -2.29. The van der Waals surface area contributed by atoms with Crippen molar-refractivity contribution in [2.75, 3.05) is 19.8 Å². The third-order valence-corrected chi connectivity index (χ3v) is 2.20. The van der Waals surface area contributed by atoms with Gasteiger partial charge >= 0.3 is 12.1 Å². The molecule has 0 amide bonds. The van der Waals surface area contributed by atoms with E-state index in [1.54, 1.807) is 6.92 Å². The zero-order chi connectivity index (χ0) is 14.2. The van der Waals surface area contributed by atoms with Gasteiger partial charge in [-0.1, -0.05) is 0 Å². The van der Waals surface area contributed by atoms with E-state index in [0.717, 1.165) is 0 Å². The van der Waals surface area contributed by atoms with E-state index in [1.165, 1.54) is 6.92 Å². The highest BCUT2D eigenvalue weighted by Gasteiger charge is 2.34. The predicted octanol–water partition coefficient (Wildman–Crippen LogP) is 2.44. The molecule has 18 heavy (non-hydrogen) atoms. The molecule has 0 rings (SSSR count). The van der Waals surface area contributed by atoms with Crippen LogP contribution in [-0.4, -0.2) is 32.0 Å². The molecule has 0 N–H and O–H groups in total. The van der Waals surface area contributed by atoms with Crippen molar-refractivity contribution in [3.8, 4) is 6.07 Å². The number of nitrogens with zero attached hydrogens (tertiary/aromatic N) is 1. The van der Waals surface area contributed by atoms with Crippen molar-refractivity contribution < 1.29 is 27.4 Å². The molecule has 0 spiro atoms. The van der Waals surface area contributed by atoms with Crippen LogP contribution in [0.4, 0.5) is 13.2 Å². The van der Waals surface area contributed by atoms with Gasteiger partial charge in [-0.15, -0.1) is 0 Å². The van der Waals surface area contributed by atoms with Crippen LogP contribution in [0.3, 0.4) is 0 Å². The van der Waals surface area contributed by atoms with Crippen LogP contribution >= 0.6 is 0 Å². The summed E-state index contributed by atoms with van der Waals surface area (Å²) < 4.78 is 44.4. The molecule has 1 atom stereocenters. The number of ether oxygens (including phenoxy) is 2. The van der Waals surface area contributed by atoms with Gasteiger partial charge in [-0.3, -0.25) is 4.79 Å². The number of hydrogen-bond donors (Lipinski definition) is 0. The van der Waals surface area contributed by atoms with Crippen molar-refractivity contribution >= 4 is 5.97 Å². The first kappa shape index (κ1) is 16.7. The van der Waals surface area contributed by atoms with E-state index in [1.807, 2.05) is 6.07 Å². The Kier molecular flexibility index (Phi) is 6.70. The maximum atomic E-state index is 11.8. The fourth-order valence-corrected chi connectivity index (χ4v) is 1.21. The van der Waals surface area contributed by atoms with Crippen LogP contribution in [0.5, 0.6) is 0 Å². The van der Waals surface area contributed by atoms with Crippen LogP contribution in [0.25, 0.3) is 0 Å². The normalized spacial score (nSPS) is 14.7. The molecular formula is C11H16F3NO3. The van der Waals surface area contributed by atoms with Gasteiger partial charge in [0, 0.05) is 6.61 Å². The number of halogens is 3. The smallest absolute Gasteiger partial charge is 0.411 e. The quantitative estimate of drug-likeness (QED) is 0.525. The van der Waals surface area contributed by atoms with Crippen LogP contribution in [0.2, 0.25) is 0 Å². The van der Waals surface area contributed by atoms with Crippen LogP contribution in [0.15, 0.2) is 0 Å². The molecule has 0 saturated heterocycles. The van der Waals surface area contributed by atoms with Crippen molar-refractivity contribution in [2.45, 2.75) is 32.9 Å². The number of alkyl halides is 3. The Hall–Kier alpha value is -1.29. The van der Waals surface area contributed by atoms with Gasteiger partial charge in [0.1, 0.15) is 6.61 Å². The van der Waals surface area contributed by atoms with E-state index in [2.05, 4.69) is 4.74 Å². The van der Waals surface area contributed by atoms with Gasteiger partial charge in [-0.2, -0.15) is 18.4 Å². The highest BCUT2D eigenvalue weighted by Crippen LogP contribution is 2.24. The Bertz CT molecular complexity index is 312. The molecule has 0 saturated carbocycles. The van der Waals surface area contributed by atoms with E-state index in [-0.39, 0.29) is 26.1 Å². The van der Waals surface area contributed by atoms with Crippen molar-refractivity contribution in [3.63, 3.8) is 0 Å². The minimum Gasteiger partial charge on any atom is -0.465 e. The number of hydrogen-bond acceptors (Lipinski definition) is 4. The molecule has 0 aromatic carbocycles. The zero-order valence-electron chi connectivity index (χ0n) is 10.3. The van der Waals surface area contributed by atoms with Gasteiger partial charge in [-0.25, -0.2) is 0 Å². The van der Waals surface area contributed by atoms with Gasteiger partial charge < -0.3 is 9.47 Å². The first-order valence-corrected chi connectivity index (χ1v) is 5.48. The van der Waals surface area contributed by atoms with E-state index in [4.69, 9.17) is 10.00 Å². The second-order valence-corrected chi connectivity index (χ2v) is 3.94. The lowest BCUT2D eigenvalue weighted by molar-refractivity contribution is -0.174. The van der Waals surface area contributed by atoms with Crippen LogP contribution < -0.4 is 0 Å². The molecule has 0 fully saturated rings. The Morgan fingerprint density at radius 2 is 2.00 bits per heavy atom. The fourth-order valence-electron chi connectivity index (χ4n) is 1.21. The summed E-state index contributed by atoms with van der Waals surface area (Å²) in [5, 5.41) is 8.90. The van der Waals surface area contributed by atoms with Gasteiger partial charge in [0.15, 0.2) is 5.41 Å². The SMILES string of the molecule is CCOC(=O)C(C)(C#N)CCCOCC(F)(F)F. The predicted molar refractivity (Wildman–Crippen MR) is 56.5 cm³/mol. The first-order chi connectivity index (χ1) is 8.25. The van der Waals surface area contributed by atoms with Crippen molar-refractivity contribution in [2.24, 2.45) is 5.41 Å². The van der Waals surface area contributed by atoms with Crippen LogP contribution in [0, 0.1) is 16.7 Å². The highest BCUT2D eigenvalue weighted by molar-refractivity contribution is 5.79. The molecule has 0 aliphatic heterocycles. The third kappa shape index (κ3) is 6.45. The number of esters is 1. The Balaban J connectivity index is 4.02. The topological polar surface area (TPSA) is 59.3 Å². The molecule has 0 aromatic heterocycles. The largest absolute Gasteiger partial charge is 0.465 e. The molecule has 0 aromatic rings. The molecule has 104 valence electrons. The summed E-state index contributed by atoms with van der Waals surface area (Å²) in [7, 11) is 0. The molecule has 0 radical (unpaired) electrons. The summed E-state index contributed by atoms with van der Waals surface area (Å²) in [4.78, 5) is 11.5. The average Bonchev–Trinajstić information content (AvgIpc) is 2.27. The van der Waals surface area contributed by atoms with Crippen LogP contribution in [0.1, 0.15) is 26.7 Å². The summed E-state index contributed by atoms with van der Waals surface area (Å²) in [6, 6.07) is 1.82. The number of rotatable bonds is 7. The monoisotopic (exact) mass is 267 g/mol. The minimum absolute atomic E-state index is 0.0974. The Morgan fingerprint density at radius 1 is 1.39 bits per heavy atom. The summed E-state index contributed by atoms with van der Waals surface area (Å²) >= 11 is 0. The second-order valence-electron chi connectivity index (χ2n) is 3.94. The molecule has 0 bridgehead atoms. The average molecular weight is 267 g/mol. The van der Waals surface area contributed by atoms with Gasteiger partial charge in [0.05, 0.1) is 12.7 Å². The van der Waals surface area contributed by atoms with Gasteiger partial charge in [0.2, 0.25) is 0 Å². The number of carbonyl (C=O) groups excluding carboxylic acids is 1. The molecule has 0 aliphatic carbocycles. The van der Waals surface area contributed by atoms with E-state index < -0.39 is 24.2 Å². The minimum atomic E-state index is -4.36. The standard InChI is InChI=1S/C11H16F3NO3/c1-3-18-9(16)10(2,7-15)5-4-6-17-8-11(12,13)14/h3-6,8H2,1-2H3. The van der Waals surface area contributed by atoms with Gasteiger partial charge in [-0.05, 0) is 26.7 Å². The van der Waals surface area contributed by atoms with E-state index in [9.17, 15) is 18.0 Å². The summed E-state index contributed by atoms with van der Waals surface area (Å²) in [5.74, 6) is -0.664. The molecule has 1 unspecified atom stereocenters. The van der Waals surface area contributed by atoms with Crippen molar-refractivity contribution in [1.82, 2.24) is 0 Å². The third-order valence-electron chi connectivity index (χ3n) is 2.20. The number of nitriles is 1. The second kappa shape index (κ2) is 7.21.